The summed E-state index contributed by atoms with van der Waals surface area (Å²) in [5, 5.41) is 0. The van der Waals surface area contributed by atoms with Crippen LogP contribution in [0.15, 0.2) is 0 Å². The summed E-state index contributed by atoms with van der Waals surface area (Å²) in [5.74, 6) is 1.96. The molecule has 2 unspecified atom stereocenters. The zero-order valence-electron chi connectivity index (χ0n) is 8.31. The lowest BCUT2D eigenvalue weighted by atomic mass is 9.89. The standard InChI is InChI=1S/C11H20O/c1-3-5-9-7-11(12)8-10(9)6-4-2/h9-10H,3-8H2,1-2H3. The van der Waals surface area contributed by atoms with Gasteiger partial charge in [-0.3, -0.25) is 4.79 Å². The van der Waals surface area contributed by atoms with Gasteiger partial charge in [-0.2, -0.15) is 0 Å². The Balaban J connectivity index is 2.41. The Morgan fingerprint density at radius 2 is 1.50 bits per heavy atom. The van der Waals surface area contributed by atoms with Crippen LogP contribution < -0.4 is 0 Å². The normalized spacial score (nSPS) is 29.7. The minimum absolute atomic E-state index is 0.506. The smallest absolute Gasteiger partial charge is 0.133 e. The highest BCUT2D eigenvalue weighted by Crippen LogP contribution is 2.35. The van der Waals surface area contributed by atoms with E-state index in [2.05, 4.69) is 13.8 Å². The molecule has 70 valence electrons. The molecule has 0 radical (unpaired) electrons. The van der Waals surface area contributed by atoms with Crippen LogP contribution in [0.25, 0.3) is 0 Å². The van der Waals surface area contributed by atoms with E-state index in [4.69, 9.17) is 0 Å². The number of hydrogen-bond donors (Lipinski definition) is 0. The molecule has 1 fully saturated rings. The molecule has 0 spiro atoms. The fourth-order valence-corrected chi connectivity index (χ4v) is 2.42. The number of ketones is 1. The van der Waals surface area contributed by atoms with Crippen LogP contribution in [0.4, 0.5) is 0 Å². The van der Waals surface area contributed by atoms with Gasteiger partial charge in [0.1, 0.15) is 5.78 Å². The van der Waals surface area contributed by atoms with Crippen molar-refractivity contribution in [1.29, 1.82) is 0 Å². The summed E-state index contributed by atoms with van der Waals surface area (Å²) in [6.45, 7) is 4.43. The summed E-state index contributed by atoms with van der Waals surface area (Å²) in [7, 11) is 0. The number of Topliss-reactive ketones (excluding diaryl/α,β-unsaturated/α-hetero) is 1. The Morgan fingerprint density at radius 3 is 1.83 bits per heavy atom. The molecule has 1 aliphatic carbocycles. The van der Waals surface area contributed by atoms with Crippen molar-refractivity contribution in [3.05, 3.63) is 0 Å². The molecule has 1 heteroatoms. The first kappa shape index (κ1) is 9.76. The fourth-order valence-electron chi connectivity index (χ4n) is 2.42. The molecule has 1 saturated carbocycles. The highest BCUT2D eigenvalue weighted by molar-refractivity contribution is 5.81. The highest BCUT2D eigenvalue weighted by Gasteiger charge is 2.30. The molecule has 1 nitrogen and oxygen atoms in total. The summed E-state index contributed by atoms with van der Waals surface area (Å²) < 4.78 is 0. The van der Waals surface area contributed by atoms with Crippen molar-refractivity contribution in [2.24, 2.45) is 11.8 Å². The average Bonchev–Trinajstić information content (AvgIpc) is 2.33. The predicted molar refractivity (Wildman–Crippen MR) is 51.0 cm³/mol. The van der Waals surface area contributed by atoms with Gasteiger partial charge in [-0.05, 0) is 11.8 Å². The number of rotatable bonds is 4. The van der Waals surface area contributed by atoms with Gasteiger partial charge in [0.25, 0.3) is 0 Å². The summed E-state index contributed by atoms with van der Waals surface area (Å²) in [4.78, 5) is 11.2. The van der Waals surface area contributed by atoms with Crippen molar-refractivity contribution in [2.75, 3.05) is 0 Å². The molecule has 0 aromatic heterocycles. The molecule has 0 aromatic carbocycles. The highest BCUT2D eigenvalue weighted by atomic mass is 16.1. The quantitative estimate of drug-likeness (QED) is 0.630. The number of carbonyl (C=O) groups excluding carboxylic acids is 1. The lowest BCUT2D eigenvalue weighted by Gasteiger charge is -2.16. The Labute approximate surface area is 75.5 Å². The SMILES string of the molecule is CCCC1CC(=O)CC1CCC. The van der Waals surface area contributed by atoms with E-state index >= 15 is 0 Å². The van der Waals surface area contributed by atoms with Gasteiger partial charge in [-0.25, -0.2) is 0 Å². The molecular weight excluding hydrogens is 148 g/mol. The fraction of sp³-hybridized carbons (Fsp3) is 0.909. The molecule has 0 N–H and O–H groups in total. The first-order valence-corrected chi connectivity index (χ1v) is 5.29. The van der Waals surface area contributed by atoms with Crippen molar-refractivity contribution in [1.82, 2.24) is 0 Å². The van der Waals surface area contributed by atoms with Crippen LogP contribution in [0.5, 0.6) is 0 Å². The molecule has 0 aliphatic heterocycles. The minimum atomic E-state index is 0.506. The van der Waals surface area contributed by atoms with Crippen LogP contribution in [0.3, 0.4) is 0 Å². The van der Waals surface area contributed by atoms with Gasteiger partial charge in [0.2, 0.25) is 0 Å². The first-order valence-electron chi connectivity index (χ1n) is 5.29. The van der Waals surface area contributed by atoms with Gasteiger partial charge in [0.15, 0.2) is 0 Å². The van der Waals surface area contributed by atoms with Crippen LogP contribution in [0, 0.1) is 11.8 Å². The van der Waals surface area contributed by atoms with E-state index in [1.807, 2.05) is 0 Å². The topological polar surface area (TPSA) is 17.1 Å². The predicted octanol–water partition coefficient (Wildman–Crippen LogP) is 3.18. The molecule has 1 aliphatic rings. The molecule has 0 saturated heterocycles. The zero-order valence-corrected chi connectivity index (χ0v) is 8.31. The van der Waals surface area contributed by atoms with Gasteiger partial charge in [0, 0.05) is 12.8 Å². The lowest BCUT2D eigenvalue weighted by Crippen LogP contribution is -2.06. The monoisotopic (exact) mass is 168 g/mol. The van der Waals surface area contributed by atoms with Crippen LogP contribution in [-0.4, -0.2) is 5.78 Å². The summed E-state index contributed by atoms with van der Waals surface area (Å²) in [6, 6.07) is 0. The second-order valence-electron chi connectivity index (χ2n) is 4.04. The van der Waals surface area contributed by atoms with E-state index in [9.17, 15) is 4.79 Å². The van der Waals surface area contributed by atoms with Crippen molar-refractivity contribution >= 4 is 5.78 Å². The van der Waals surface area contributed by atoms with Crippen LogP contribution in [0.2, 0.25) is 0 Å². The molecule has 0 bridgehead atoms. The van der Waals surface area contributed by atoms with Gasteiger partial charge in [0.05, 0.1) is 0 Å². The van der Waals surface area contributed by atoms with Crippen molar-refractivity contribution in [3.63, 3.8) is 0 Å². The van der Waals surface area contributed by atoms with Crippen LogP contribution in [-0.2, 0) is 4.79 Å². The van der Waals surface area contributed by atoms with Gasteiger partial charge >= 0.3 is 0 Å². The van der Waals surface area contributed by atoms with Gasteiger partial charge in [-0.15, -0.1) is 0 Å². The number of carbonyl (C=O) groups is 1. The third kappa shape index (κ3) is 2.33. The second-order valence-corrected chi connectivity index (χ2v) is 4.04. The first-order chi connectivity index (χ1) is 5.77. The molecule has 0 heterocycles. The largest absolute Gasteiger partial charge is 0.300 e. The summed E-state index contributed by atoms with van der Waals surface area (Å²) in [6.07, 6.45) is 6.74. The minimum Gasteiger partial charge on any atom is -0.300 e. The third-order valence-electron chi connectivity index (χ3n) is 2.97. The van der Waals surface area contributed by atoms with Crippen molar-refractivity contribution in [2.45, 2.75) is 52.4 Å². The molecule has 0 aromatic rings. The molecule has 0 amide bonds. The van der Waals surface area contributed by atoms with Gasteiger partial charge < -0.3 is 0 Å². The van der Waals surface area contributed by atoms with E-state index in [1.165, 1.54) is 25.7 Å². The Bertz CT molecular complexity index is 135. The maximum Gasteiger partial charge on any atom is 0.133 e. The van der Waals surface area contributed by atoms with Crippen molar-refractivity contribution in [3.8, 4) is 0 Å². The summed E-state index contributed by atoms with van der Waals surface area (Å²) in [5.41, 5.74) is 0. The molecular formula is C11H20O. The average molecular weight is 168 g/mol. The van der Waals surface area contributed by atoms with Gasteiger partial charge in [-0.1, -0.05) is 39.5 Å². The maximum atomic E-state index is 11.2. The molecule has 2 atom stereocenters. The van der Waals surface area contributed by atoms with E-state index in [-0.39, 0.29) is 0 Å². The zero-order chi connectivity index (χ0) is 8.97. The van der Waals surface area contributed by atoms with E-state index < -0.39 is 0 Å². The van der Waals surface area contributed by atoms with Crippen LogP contribution in [0.1, 0.15) is 52.4 Å². The van der Waals surface area contributed by atoms with E-state index in [0.717, 1.165) is 24.7 Å². The Morgan fingerprint density at radius 1 is 1.08 bits per heavy atom. The second kappa shape index (κ2) is 4.64. The molecule has 12 heavy (non-hydrogen) atoms. The maximum absolute atomic E-state index is 11.2. The van der Waals surface area contributed by atoms with E-state index in [1.54, 1.807) is 0 Å². The Hall–Kier alpha value is -0.330. The molecule has 1 rings (SSSR count). The van der Waals surface area contributed by atoms with Crippen LogP contribution >= 0.6 is 0 Å². The number of hydrogen-bond acceptors (Lipinski definition) is 1. The van der Waals surface area contributed by atoms with E-state index in [0.29, 0.717) is 5.78 Å². The van der Waals surface area contributed by atoms with Crippen molar-refractivity contribution < 1.29 is 4.79 Å². The third-order valence-corrected chi connectivity index (χ3v) is 2.97. The lowest BCUT2D eigenvalue weighted by molar-refractivity contribution is -0.117. The Kier molecular flexibility index (Phi) is 3.77. The summed E-state index contributed by atoms with van der Waals surface area (Å²) >= 11 is 0.